The van der Waals surface area contributed by atoms with E-state index in [1.807, 2.05) is 19.2 Å². The molecule has 2 aliphatic rings. The Morgan fingerprint density at radius 1 is 1.03 bits per heavy atom. The lowest BCUT2D eigenvalue weighted by Crippen LogP contribution is -2.29. The van der Waals surface area contributed by atoms with E-state index in [1.165, 1.54) is 11.1 Å². The summed E-state index contributed by atoms with van der Waals surface area (Å²) >= 11 is 0. The van der Waals surface area contributed by atoms with Gasteiger partial charge in [0.2, 0.25) is 0 Å². The summed E-state index contributed by atoms with van der Waals surface area (Å²) in [6, 6.07) is 15.3. The monoisotopic (exact) mass is 426 g/mol. The number of aliphatic hydroxyl groups is 1. The zero-order chi connectivity index (χ0) is 21.5. The maximum absolute atomic E-state index is 9.93. The predicted molar refractivity (Wildman–Crippen MR) is 123 cm³/mol. The van der Waals surface area contributed by atoms with E-state index in [9.17, 15) is 5.11 Å². The molecule has 0 aliphatic carbocycles. The molecule has 2 fully saturated rings. The van der Waals surface area contributed by atoms with Crippen molar-refractivity contribution in [1.29, 1.82) is 0 Å². The second-order valence-electron chi connectivity index (χ2n) is 8.49. The van der Waals surface area contributed by atoms with Crippen LogP contribution in [0.15, 0.2) is 42.5 Å². The number of nitrogens with one attached hydrogen (secondary N) is 2. The van der Waals surface area contributed by atoms with Gasteiger partial charge in [-0.25, -0.2) is 0 Å². The third-order valence-electron chi connectivity index (χ3n) is 6.00. The number of aliphatic hydroxyl groups excluding tert-OH is 1. The highest BCUT2D eigenvalue weighted by Crippen LogP contribution is 2.34. The molecule has 2 aromatic rings. The van der Waals surface area contributed by atoms with E-state index in [-0.39, 0.29) is 6.61 Å². The van der Waals surface area contributed by atoms with Gasteiger partial charge in [0, 0.05) is 32.1 Å². The number of benzene rings is 2. The molecule has 31 heavy (non-hydrogen) atoms. The Hall–Kier alpha value is -2.12. The molecule has 2 atom stereocenters. The van der Waals surface area contributed by atoms with Crippen molar-refractivity contribution in [3.8, 4) is 16.9 Å². The van der Waals surface area contributed by atoms with Crippen LogP contribution in [0.4, 0.5) is 5.69 Å². The Labute approximate surface area is 184 Å². The van der Waals surface area contributed by atoms with Gasteiger partial charge in [0.15, 0.2) is 0 Å². The molecule has 6 nitrogen and oxygen atoms in total. The zero-order valence-corrected chi connectivity index (χ0v) is 18.3. The summed E-state index contributed by atoms with van der Waals surface area (Å²) in [7, 11) is 1.82. The Morgan fingerprint density at radius 3 is 2.65 bits per heavy atom. The predicted octanol–water partition coefficient (Wildman–Crippen LogP) is 3.41. The third kappa shape index (κ3) is 6.20. The Bertz CT molecular complexity index is 832. The van der Waals surface area contributed by atoms with Gasteiger partial charge in [-0.3, -0.25) is 0 Å². The van der Waals surface area contributed by atoms with Gasteiger partial charge >= 0.3 is 0 Å². The molecule has 2 aliphatic heterocycles. The quantitative estimate of drug-likeness (QED) is 0.571. The van der Waals surface area contributed by atoms with Crippen LogP contribution in [0.25, 0.3) is 11.1 Å². The molecular formula is C25H34N2O4. The summed E-state index contributed by atoms with van der Waals surface area (Å²) in [5.41, 5.74) is 4.79. The highest BCUT2D eigenvalue weighted by atomic mass is 16.5. The first-order valence-electron chi connectivity index (χ1n) is 11.3. The van der Waals surface area contributed by atoms with Crippen molar-refractivity contribution < 1.29 is 19.3 Å². The molecule has 6 heteroatoms. The minimum absolute atomic E-state index is 0.265. The lowest BCUT2D eigenvalue weighted by Gasteiger charge is -2.24. The van der Waals surface area contributed by atoms with Gasteiger partial charge < -0.3 is 30.0 Å². The molecule has 0 aromatic heterocycles. The van der Waals surface area contributed by atoms with Crippen LogP contribution in [0.1, 0.15) is 30.7 Å². The largest absolute Gasteiger partial charge is 0.491 e. The van der Waals surface area contributed by atoms with Crippen molar-refractivity contribution in [2.45, 2.75) is 37.3 Å². The number of rotatable bonds is 9. The van der Waals surface area contributed by atoms with Crippen molar-refractivity contribution in [3.63, 3.8) is 0 Å². The van der Waals surface area contributed by atoms with Crippen molar-refractivity contribution in [2.24, 2.45) is 0 Å². The second kappa shape index (κ2) is 11.0. The molecule has 2 aromatic carbocycles. The third-order valence-corrected chi connectivity index (χ3v) is 6.00. The molecule has 2 saturated heterocycles. The number of hydrogen-bond donors (Lipinski definition) is 3. The molecule has 3 N–H and O–H groups in total. The maximum Gasteiger partial charge on any atom is 0.120 e. The SMILES string of the molecule is CNCC(O)COc1cccc(-c2cc(N[C@H]3CCOC3)cc(C3CCOCC3)c2)c1. The molecule has 1 unspecified atom stereocenters. The van der Waals surface area contributed by atoms with E-state index in [2.05, 4.69) is 41.0 Å². The molecule has 4 rings (SSSR count). The van der Waals surface area contributed by atoms with Crippen molar-refractivity contribution >= 4 is 5.69 Å². The second-order valence-corrected chi connectivity index (χ2v) is 8.49. The fourth-order valence-electron chi connectivity index (χ4n) is 4.30. The van der Waals surface area contributed by atoms with Crippen LogP contribution in [-0.2, 0) is 9.47 Å². The number of likely N-dealkylation sites (N-methyl/N-ethyl adjacent to an activating group) is 1. The summed E-state index contributed by atoms with van der Waals surface area (Å²) in [6.07, 6.45) is 2.62. The lowest BCUT2D eigenvalue weighted by atomic mass is 9.89. The topological polar surface area (TPSA) is 72.0 Å². The first kappa shape index (κ1) is 22.1. The van der Waals surface area contributed by atoms with E-state index < -0.39 is 6.10 Å². The van der Waals surface area contributed by atoms with Crippen molar-refractivity contribution in [2.75, 3.05) is 51.9 Å². The number of anilines is 1. The van der Waals surface area contributed by atoms with Crippen LogP contribution in [0.3, 0.4) is 0 Å². The van der Waals surface area contributed by atoms with E-state index in [1.54, 1.807) is 0 Å². The van der Waals surface area contributed by atoms with Crippen LogP contribution in [0, 0.1) is 0 Å². The summed E-state index contributed by atoms with van der Waals surface area (Å²) in [5.74, 6) is 1.29. The minimum Gasteiger partial charge on any atom is -0.491 e. The molecule has 2 heterocycles. The Balaban J connectivity index is 1.57. The standard InChI is InChI=1S/C25H34N2O4/c1-26-15-24(28)17-31-25-4-2-3-19(14-25)21-11-20(18-5-8-29-9-6-18)12-23(13-21)27-22-7-10-30-16-22/h2-4,11-14,18,22,24,26-28H,5-10,15-17H2,1H3/t22-,24?/m0/s1. The van der Waals surface area contributed by atoms with Crippen LogP contribution in [0.5, 0.6) is 5.75 Å². The van der Waals surface area contributed by atoms with Crippen LogP contribution < -0.4 is 15.4 Å². The molecule has 168 valence electrons. The van der Waals surface area contributed by atoms with Crippen molar-refractivity contribution in [3.05, 3.63) is 48.0 Å². The van der Waals surface area contributed by atoms with E-state index in [4.69, 9.17) is 14.2 Å². The van der Waals surface area contributed by atoms with Crippen LogP contribution in [0.2, 0.25) is 0 Å². The lowest BCUT2D eigenvalue weighted by molar-refractivity contribution is 0.0853. The minimum atomic E-state index is -0.532. The maximum atomic E-state index is 9.93. The van der Waals surface area contributed by atoms with Gasteiger partial charge in [-0.2, -0.15) is 0 Å². The van der Waals surface area contributed by atoms with Gasteiger partial charge in [0.05, 0.1) is 12.6 Å². The Kier molecular flexibility index (Phi) is 7.81. The summed E-state index contributed by atoms with van der Waals surface area (Å²) in [6.45, 7) is 4.00. The normalized spacial score (nSPS) is 20.5. The summed E-state index contributed by atoms with van der Waals surface area (Å²) < 4.78 is 17.0. The fourth-order valence-corrected chi connectivity index (χ4v) is 4.30. The van der Waals surface area contributed by atoms with Crippen LogP contribution >= 0.6 is 0 Å². The molecule has 0 radical (unpaired) electrons. The highest BCUT2D eigenvalue weighted by Gasteiger charge is 2.20. The molecular weight excluding hydrogens is 392 g/mol. The average Bonchev–Trinajstić information content (AvgIpc) is 3.31. The number of hydrogen-bond acceptors (Lipinski definition) is 6. The van der Waals surface area contributed by atoms with Crippen molar-refractivity contribution in [1.82, 2.24) is 5.32 Å². The van der Waals surface area contributed by atoms with Crippen LogP contribution in [-0.4, -0.2) is 63.9 Å². The summed E-state index contributed by atoms with van der Waals surface area (Å²) in [4.78, 5) is 0. The smallest absolute Gasteiger partial charge is 0.120 e. The molecule has 0 bridgehead atoms. The van der Waals surface area contributed by atoms with Gasteiger partial charge in [-0.15, -0.1) is 0 Å². The number of ether oxygens (including phenoxy) is 3. The van der Waals surface area contributed by atoms with E-state index in [0.29, 0.717) is 18.5 Å². The van der Waals surface area contributed by atoms with Gasteiger partial charge in [-0.1, -0.05) is 18.2 Å². The Morgan fingerprint density at radius 2 is 1.87 bits per heavy atom. The van der Waals surface area contributed by atoms with E-state index >= 15 is 0 Å². The fraction of sp³-hybridized carbons (Fsp3) is 0.520. The highest BCUT2D eigenvalue weighted by molar-refractivity contribution is 5.71. The van der Waals surface area contributed by atoms with Gasteiger partial charge in [-0.05, 0) is 73.2 Å². The summed E-state index contributed by atoms with van der Waals surface area (Å²) in [5, 5.41) is 16.6. The first-order valence-corrected chi connectivity index (χ1v) is 11.3. The molecule has 0 amide bonds. The van der Waals surface area contributed by atoms with E-state index in [0.717, 1.165) is 62.7 Å². The first-order chi connectivity index (χ1) is 15.2. The molecule has 0 saturated carbocycles. The average molecular weight is 427 g/mol. The molecule has 0 spiro atoms. The van der Waals surface area contributed by atoms with Gasteiger partial charge in [0.25, 0.3) is 0 Å². The zero-order valence-electron chi connectivity index (χ0n) is 18.3. The van der Waals surface area contributed by atoms with Gasteiger partial charge in [0.1, 0.15) is 18.5 Å².